The number of rotatable bonds is 6. The van der Waals surface area contributed by atoms with Gasteiger partial charge in [0.2, 0.25) is 0 Å². The van der Waals surface area contributed by atoms with Crippen LogP contribution >= 0.6 is 11.9 Å². The average molecular weight is 397 g/mol. The van der Waals surface area contributed by atoms with Crippen molar-refractivity contribution in [2.75, 3.05) is 0 Å². The van der Waals surface area contributed by atoms with Gasteiger partial charge in [-0.15, -0.1) is 0 Å². The van der Waals surface area contributed by atoms with Crippen LogP contribution in [0.25, 0.3) is 6.08 Å². The van der Waals surface area contributed by atoms with Crippen molar-refractivity contribution < 1.29 is 28.1 Å². The van der Waals surface area contributed by atoms with Gasteiger partial charge in [-0.3, -0.25) is 9.43 Å². The quantitative estimate of drug-likeness (QED) is 0.706. The van der Waals surface area contributed by atoms with Crippen molar-refractivity contribution in [2.24, 2.45) is 0 Å². The average Bonchev–Trinajstić information content (AvgIpc) is 2.61. The number of carboxylic acid groups (broad SMARTS) is 1. The normalized spacial score (nSPS) is 15.4. The molecule has 0 fully saturated rings. The Morgan fingerprint density at radius 2 is 2.00 bits per heavy atom. The predicted molar refractivity (Wildman–Crippen MR) is 98.9 cm³/mol. The summed E-state index contributed by atoms with van der Waals surface area (Å²) in [7, 11) is 0. The Balaban J connectivity index is 0.00000261. The molecule has 0 radical (unpaired) electrons. The highest BCUT2D eigenvalue weighted by atomic mass is 32.2. The van der Waals surface area contributed by atoms with Gasteiger partial charge in [0.05, 0.1) is 5.57 Å². The van der Waals surface area contributed by atoms with E-state index < -0.39 is 24.1 Å². The van der Waals surface area contributed by atoms with Crippen molar-refractivity contribution in [1.29, 1.82) is 0 Å². The molecule has 0 spiro atoms. The molecule has 144 valence electrons. The first-order chi connectivity index (χ1) is 12.5. The summed E-state index contributed by atoms with van der Waals surface area (Å²) in [5.41, 5.74) is 1.86. The fourth-order valence-corrected chi connectivity index (χ4v) is 3.53. The Labute approximate surface area is 158 Å². The maximum Gasteiger partial charge on any atom is 0.335 e. The topological polar surface area (TPSA) is 58.6 Å². The van der Waals surface area contributed by atoms with Gasteiger partial charge in [0, 0.05) is 17.0 Å². The predicted octanol–water partition coefficient (Wildman–Crippen LogP) is 4.44. The summed E-state index contributed by atoms with van der Waals surface area (Å²) < 4.78 is 34.8. The van der Waals surface area contributed by atoms with Crippen LogP contribution in [0.2, 0.25) is 0 Å². The molecular weight excluding hydrogens is 379 g/mol. The highest BCUT2D eigenvalue weighted by Gasteiger charge is 2.35. The van der Waals surface area contributed by atoms with E-state index in [9.17, 15) is 18.7 Å². The van der Waals surface area contributed by atoms with Gasteiger partial charge in [0.15, 0.2) is 6.10 Å². The SMILES string of the molecule is Cc1cc(SNCc2ccccc2)cc2c1OC(C(F)F)C(C(=O)O)=C2.F. The molecule has 1 aliphatic rings. The number of benzene rings is 2. The summed E-state index contributed by atoms with van der Waals surface area (Å²) in [6.45, 7) is 2.41. The molecule has 2 N–H and O–H groups in total. The number of nitrogens with one attached hydrogen (secondary N) is 1. The summed E-state index contributed by atoms with van der Waals surface area (Å²) in [6, 6.07) is 13.4. The summed E-state index contributed by atoms with van der Waals surface area (Å²) in [5.74, 6) is -1.11. The number of carboxylic acids is 1. The molecule has 0 saturated carbocycles. The summed E-state index contributed by atoms with van der Waals surface area (Å²) in [5, 5.41) is 9.19. The van der Waals surface area contributed by atoms with E-state index in [0.29, 0.717) is 23.4 Å². The number of aliphatic carboxylic acids is 1. The minimum atomic E-state index is -2.91. The van der Waals surface area contributed by atoms with Crippen LogP contribution in [0.5, 0.6) is 5.75 Å². The zero-order valence-corrected chi connectivity index (χ0v) is 15.1. The third-order valence-corrected chi connectivity index (χ3v) is 4.68. The van der Waals surface area contributed by atoms with Crippen molar-refractivity contribution in [1.82, 2.24) is 4.72 Å². The first-order valence-corrected chi connectivity index (χ1v) is 8.75. The van der Waals surface area contributed by atoms with Crippen LogP contribution in [0.4, 0.5) is 13.5 Å². The number of alkyl halides is 2. The number of hydrogen-bond acceptors (Lipinski definition) is 4. The Morgan fingerprint density at radius 1 is 1.30 bits per heavy atom. The van der Waals surface area contributed by atoms with Crippen LogP contribution in [0.3, 0.4) is 0 Å². The molecular formula is C19H18F3NO3S. The van der Waals surface area contributed by atoms with Crippen LogP contribution in [0, 0.1) is 6.92 Å². The highest BCUT2D eigenvalue weighted by molar-refractivity contribution is 7.97. The van der Waals surface area contributed by atoms with E-state index in [-0.39, 0.29) is 4.70 Å². The molecule has 3 rings (SSSR count). The van der Waals surface area contributed by atoms with Gasteiger partial charge in [-0.1, -0.05) is 30.3 Å². The van der Waals surface area contributed by atoms with Crippen molar-refractivity contribution in [3.05, 3.63) is 64.7 Å². The van der Waals surface area contributed by atoms with Gasteiger partial charge in [0.25, 0.3) is 6.43 Å². The standard InChI is InChI=1S/C19H17F2NO3S.FH/c1-11-7-14(26-22-10-12-5-3-2-4-6-12)8-13-9-15(19(23)24)17(18(20)21)25-16(11)13;/h2-9,17-18,22H,10H2,1H3,(H,23,24);1H. The third kappa shape index (κ3) is 4.84. The molecule has 8 heteroatoms. The molecule has 0 aliphatic carbocycles. The Morgan fingerprint density at radius 3 is 2.63 bits per heavy atom. The largest absolute Gasteiger partial charge is 0.479 e. The second-order valence-electron chi connectivity index (χ2n) is 5.85. The minimum absolute atomic E-state index is 0. The first kappa shape index (κ1) is 20.9. The molecule has 4 nitrogen and oxygen atoms in total. The van der Waals surface area contributed by atoms with E-state index in [1.807, 2.05) is 36.4 Å². The molecule has 27 heavy (non-hydrogen) atoms. The lowest BCUT2D eigenvalue weighted by Gasteiger charge is -2.26. The maximum atomic E-state index is 13.1. The Hall–Kier alpha value is -2.45. The van der Waals surface area contributed by atoms with Crippen LogP contribution in [0.1, 0.15) is 16.7 Å². The second kappa shape index (κ2) is 8.96. The van der Waals surface area contributed by atoms with Crippen molar-refractivity contribution in [3.63, 3.8) is 0 Å². The van der Waals surface area contributed by atoms with E-state index in [0.717, 1.165) is 10.5 Å². The summed E-state index contributed by atoms with van der Waals surface area (Å²) in [6.07, 6.45) is -3.40. The molecule has 1 heterocycles. The first-order valence-electron chi connectivity index (χ1n) is 7.93. The van der Waals surface area contributed by atoms with E-state index >= 15 is 0 Å². The fraction of sp³-hybridized carbons (Fsp3) is 0.211. The molecule has 1 aliphatic heterocycles. The number of fused-ring (bicyclic) bond motifs is 1. The molecule has 0 saturated heterocycles. The summed E-state index contributed by atoms with van der Waals surface area (Å²) in [4.78, 5) is 12.1. The number of halogens is 3. The fourth-order valence-electron chi connectivity index (χ4n) is 2.70. The van der Waals surface area contributed by atoms with Crippen LogP contribution < -0.4 is 9.46 Å². The Bertz CT molecular complexity index is 844. The summed E-state index contributed by atoms with van der Waals surface area (Å²) >= 11 is 1.39. The second-order valence-corrected chi connectivity index (χ2v) is 6.81. The third-order valence-electron chi connectivity index (χ3n) is 3.92. The molecule has 1 atom stereocenters. The smallest absolute Gasteiger partial charge is 0.335 e. The molecule has 0 aromatic heterocycles. The lowest BCUT2D eigenvalue weighted by atomic mass is 10.00. The van der Waals surface area contributed by atoms with Gasteiger partial charge in [-0.05, 0) is 48.2 Å². The lowest BCUT2D eigenvalue weighted by Crippen LogP contribution is -2.33. The zero-order valence-electron chi connectivity index (χ0n) is 14.3. The van der Waals surface area contributed by atoms with Crippen LogP contribution in [-0.4, -0.2) is 23.6 Å². The monoisotopic (exact) mass is 397 g/mol. The number of ether oxygens (including phenoxy) is 1. The van der Waals surface area contributed by atoms with Gasteiger partial charge in [-0.2, -0.15) is 0 Å². The zero-order chi connectivity index (χ0) is 18.7. The van der Waals surface area contributed by atoms with Crippen molar-refractivity contribution in [3.8, 4) is 5.75 Å². The highest BCUT2D eigenvalue weighted by Crippen LogP contribution is 2.37. The maximum absolute atomic E-state index is 13.1. The van der Waals surface area contributed by atoms with E-state index in [1.165, 1.54) is 18.0 Å². The molecule has 2 aromatic rings. The van der Waals surface area contributed by atoms with Crippen LogP contribution in [0.15, 0.2) is 52.9 Å². The minimum Gasteiger partial charge on any atom is -0.479 e. The van der Waals surface area contributed by atoms with Crippen molar-refractivity contribution >= 4 is 24.0 Å². The molecule has 0 amide bonds. The number of hydrogen-bond donors (Lipinski definition) is 2. The van der Waals surface area contributed by atoms with E-state index in [1.54, 1.807) is 13.0 Å². The number of aryl methyl sites for hydroxylation is 1. The van der Waals surface area contributed by atoms with Gasteiger partial charge in [0.1, 0.15) is 5.75 Å². The molecule has 2 aromatic carbocycles. The Kier molecular flexibility index (Phi) is 6.92. The van der Waals surface area contributed by atoms with Gasteiger partial charge in [-0.25, -0.2) is 13.6 Å². The lowest BCUT2D eigenvalue weighted by molar-refractivity contribution is -0.134. The van der Waals surface area contributed by atoms with E-state index in [2.05, 4.69) is 4.72 Å². The van der Waals surface area contributed by atoms with E-state index in [4.69, 9.17) is 4.74 Å². The van der Waals surface area contributed by atoms with Gasteiger partial charge < -0.3 is 9.84 Å². The number of carbonyl (C=O) groups is 1. The molecule has 0 bridgehead atoms. The van der Waals surface area contributed by atoms with Crippen molar-refractivity contribution in [2.45, 2.75) is 30.9 Å². The van der Waals surface area contributed by atoms with Crippen LogP contribution in [-0.2, 0) is 11.3 Å². The molecule has 1 unspecified atom stereocenters. The van der Waals surface area contributed by atoms with Gasteiger partial charge >= 0.3 is 5.97 Å².